The molecule has 1 N–H and O–H groups in total. The second kappa shape index (κ2) is 6.27. The van der Waals surface area contributed by atoms with Gasteiger partial charge in [0.05, 0.1) is 14.2 Å². The average Bonchev–Trinajstić information content (AvgIpc) is 2.98. The summed E-state index contributed by atoms with van der Waals surface area (Å²) < 4.78 is 10.8. The lowest BCUT2D eigenvalue weighted by molar-refractivity contribution is 0.352. The van der Waals surface area contributed by atoms with Crippen LogP contribution < -0.4 is 14.8 Å². The molecule has 3 unspecified atom stereocenters. The topological polar surface area (TPSA) is 30.5 Å². The molecule has 3 rings (SSSR count). The van der Waals surface area contributed by atoms with Crippen LogP contribution in [-0.2, 0) is 0 Å². The van der Waals surface area contributed by atoms with Crippen LogP contribution in [0, 0.1) is 17.8 Å². The minimum Gasteiger partial charge on any atom is -0.493 e. The summed E-state index contributed by atoms with van der Waals surface area (Å²) in [5.41, 5.74) is 1.35. The van der Waals surface area contributed by atoms with Crippen LogP contribution in [0.25, 0.3) is 0 Å². The van der Waals surface area contributed by atoms with Crippen molar-refractivity contribution in [3.05, 3.63) is 23.8 Å². The Morgan fingerprint density at radius 1 is 1.14 bits per heavy atom. The molecule has 3 heteroatoms. The fourth-order valence-corrected chi connectivity index (χ4v) is 4.19. The van der Waals surface area contributed by atoms with Gasteiger partial charge in [0.2, 0.25) is 0 Å². The molecule has 0 aromatic heterocycles. The normalized spacial score (nSPS) is 28.0. The third-order valence-electron chi connectivity index (χ3n) is 5.24. The Kier molecular flexibility index (Phi) is 4.39. The van der Waals surface area contributed by atoms with Crippen LogP contribution >= 0.6 is 0 Å². The first-order valence-corrected chi connectivity index (χ1v) is 8.25. The molecule has 2 aliphatic carbocycles. The Morgan fingerprint density at radius 2 is 1.86 bits per heavy atom. The smallest absolute Gasteiger partial charge is 0.161 e. The van der Waals surface area contributed by atoms with Crippen molar-refractivity contribution in [1.29, 1.82) is 0 Å². The van der Waals surface area contributed by atoms with Gasteiger partial charge < -0.3 is 14.8 Å². The highest BCUT2D eigenvalue weighted by atomic mass is 16.5. The molecule has 3 nitrogen and oxygen atoms in total. The molecule has 2 aliphatic rings. The van der Waals surface area contributed by atoms with Crippen LogP contribution in [0.1, 0.15) is 44.2 Å². The minimum absolute atomic E-state index is 0.472. The van der Waals surface area contributed by atoms with Crippen LogP contribution in [0.4, 0.5) is 0 Å². The first kappa shape index (κ1) is 14.7. The monoisotopic (exact) mass is 289 g/mol. The molecule has 1 aromatic carbocycles. The van der Waals surface area contributed by atoms with Crippen molar-refractivity contribution in [2.75, 3.05) is 20.8 Å². The third kappa shape index (κ3) is 2.76. The fourth-order valence-electron chi connectivity index (χ4n) is 4.19. The molecule has 2 saturated carbocycles. The van der Waals surface area contributed by atoms with Crippen molar-refractivity contribution in [3.8, 4) is 11.5 Å². The standard InChI is InChI=1S/C18H27NO2/c1-4-10-19-18(17-13-6-5-7-14(13)17)12-8-9-15(20-2)16(11-12)21-3/h8-9,11,13-14,17-19H,4-7,10H2,1-3H3. The van der Waals surface area contributed by atoms with Crippen LogP contribution in [0.3, 0.4) is 0 Å². The molecule has 21 heavy (non-hydrogen) atoms. The lowest BCUT2D eigenvalue weighted by Crippen LogP contribution is -2.25. The molecule has 2 fully saturated rings. The summed E-state index contributed by atoms with van der Waals surface area (Å²) in [4.78, 5) is 0. The highest BCUT2D eigenvalue weighted by molar-refractivity contribution is 5.44. The summed E-state index contributed by atoms with van der Waals surface area (Å²) in [6.07, 6.45) is 5.45. The molecule has 1 aromatic rings. The van der Waals surface area contributed by atoms with E-state index in [9.17, 15) is 0 Å². The first-order chi connectivity index (χ1) is 10.3. The van der Waals surface area contributed by atoms with E-state index in [4.69, 9.17) is 9.47 Å². The van der Waals surface area contributed by atoms with E-state index in [2.05, 4.69) is 24.4 Å². The third-order valence-corrected chi connectivity index (χ3v) is 5.24. The van der Waals surface area contributed by atoms with Gasteiger partial charge in [-0.15, -0.1) is 0 Å². The van der Waals surface area contributed by atoms with Crippen molar-refractivity contribution in [2.24, 2.45) is 17.8 Å². The van der Waals surface area contributed by atoms with E-state index in [0.717, 1.165) is 35.8 Å². The number of nitrogens with one attached hydrogen (secondary N) is 1. The summed E-state index contributed by atoms with van der Waals surface area (Å²) in [5, 5.41) is 3.77. The molecule has 0 radical (unpaired) electrons. The van der Waals surface area contributed by atoms with Gasteiger partial charge in [-0.3, -0.25) is 0 Å². The highest BCUT2D eigenvalue weighted by Crippen LogP contribution is 2.62. The van der Waals surface area contributed by atoms with E-state index in [1.807, 2.05) is 6.07 Å². The number of rotatable bonds is 7. The maximum atomic E-state index is 5.47. The zero-order chi connectivity index (χ0) is 14.8. The van der Waals surface area contributed by atoms with Crippen molar-refractivity contribution in [3.63, 3.8) is 0 Å². The van der Waals surface area contributed by atoms with E-state index in [1.54, 1.807) is 14.2 Å². The summed E-state index contributed by atoms with van der Waals surface area (Å²) in [6, 6.07) is 6.86. The minimum atomic E-state index is 0.472. The molecule has 0 bridgehead atoms. The first-order valence-electron chi connectivity index (χ1n) is 8.25. The predicted octanol–water partition coefficient (Wildman–Crippen LogP) is 3.79. The molecule has 0 amide bonds. The largest absolute Gasteiger partial charge is 0.493 e. The Morgan fingerprint density at radius 3 is 2.48 bits per heavy atom. The lowest BCUT2D eigenvalue weighted by Gasteiger charge is -2.22. The molecule has 116 valence electrons. The summed E-state index contributed by atoms with van der Waals surface area (Å²) >= 11 is 0. The van der Waals surface area contributed by atoms with E-state index < -0.39 is 0 Å². The maximum absolute atomic E-state index is 5.47. The van der Waals surface area contributed by atoms with Gasteiger partial charge in [-0.2, -0.15) is 0 Å². The van der Waals surface area contributed by atoms with E-state index >= 15 is 0 Å². The SMILES string of the molecule is CCCNC(c1ccc(OC)c(OC)c1)C1C2CCCC21. The van der Waals surface area contributed by atoms with Crippen molar-refractivity contribution in [1.82, 2.24) is 5.32 Å². The van der Waals surface area contributed by atoms with E-state index in [-0.39, 0.29) is 0 Å². The average molecular weight is 289 g/mol. The zero-order valence-electron chi connectivity index (χ0n) is 13.4. The van der Waals surface area contributed by atoms with Crippen LogP contribution in [0.2, 0.25) is 0 Å². The molecular formula is C18H27NO2. The van der Waals surface area contributed by atoms with Gasteiger partial charge in [0.15, 0.2) is 11.5 Å². The van der Waals surface area contributed by atoms with Crippen molar-refractivity contribution >= 4 is 0 Å². The number of ether oxygens (including phenoxy) is 2. The van der Waals surface area contributed by atoms with Gasteiger partial charge in [-0.1, -0.05) is 19.4 Å². The maximum Gasteiger partial charge on any atom is 0.161 e. The van der Waals surface area contributed by atoms with Gasteiger partial charge >= 0.3 is 0 Å². The van der Waals surface area contributed by atoms with Gasteiger partial charge in [0, 0.05) is 6.04 Å². The van der Waals surface area contributed by atoms with Gasteiger partial charge in [-0.25, -0.2) is 0 Å². The number of fused-ring (bicyclic) bond motifs is 1. The summed E-state index contributed by atoms with van der Waals surface area (Å²) in [5.74, 6) is 4.37. The zero-order valence-corrected chi connectivity index (χ0v) is 13.4. The molecular weight excluding hydrogens is 262 g/mol. The molecule has 0 heterocycles. The highest BCUT2D eigenvalue weighted by Gasteiger charge is 2.55. The van der Waals surface area contributed by atoms with Crippen molar-refractivity contribution in [2.45, 2.75) is 38.6 Å². The second-order valence-electron chi connectivity index (χ2n) is 6.38. The quantitative estimate of drug-likeness (QED) is 0.828. The summed E-state index contributed by atoms with van der Waals surface area (Å²) in [6.45, 7) is 3.31. The van der Waals surface area contributed by atoms with E-state index in [0.29, 0.717) is 6.04 Å². The lowest BCUT2D eigenvalue weighted by atomic mass is 9.96. The van der Waals surface area contributed by atoms with Gasteiger partial charge in [0.25, 0.3) is 0 Å². The fraction of sp³-hybridized carbons (Fsp3) is 0.667. The van der Waals surface area contributed by atoms with Crippen molar-refractivity contribution < 1.29 is 9.47 Å². The Balaban J connectivity index is 1.82. The Hall–Kier alpha value is -1.22. The number of hydrogen-bond donors (Lipinski definition) is 1. The predicted molar refractivity (Wildman–Crippen MR) is 84.9 cm³/mol. The molecule has 0 aliphatic heterocycles. The van der Waals surface area contributed by atoms with E-state index in [1.165, 1.54) is 31.2 Å². The van der Waals surface area contributed by atoms with Gasteiger partial charge in [0.1, 0.15) is 0 Å². The second-order valence-corrected chi connectivity index (χ2v) is 6.38. The Bertz CT molecular complexity index is 478. The molecule has 0 spiro atoms. The van der Waals surface area contributed by atoms with Crippen LogP contribution in [0.15, 0.2) is 18.2 Å². The molecule has 3 atom stereocenters. The number of benzene rings is 1. The summed E-state index contributed by atoms with van der Waals surface area (Å²) in [7, 11) is 3.40. The van der Waals surface area contributed by atoms with Crippen LogP contribution in [0.5, 0.6) is 11.5 Å². The number of hydrogen-bond acceptors (Lipinski definition) is 3. The Labute approximate surface area is 128 Å². The van der Waals surface area contributed by atoms with Crippen LogP contribution in [-0.4, -0.2) is 20.8 Å². The molecule has 0 saturated heterocycles. The van der Waals surface area contributed by atoms with Gasteiger partial charge in [-0.05, 0) is 61.3 Å². The number of methoxy groups -OCH3 is 2.